The first-order valence-corrected chi connectivity index (χ1v) is 6.22. The quantitative estimate of drug-likeness (QED) is 0.530. The van der Waals surface area contributed by atoms with E-state index >= 15 is 0 Å². The van der Waals surface area contributed by atoms with Crippen LogP contribution >= 0.6 is 0 Å². The molecular weight excluding hydrogens is 282 g/mol. The molecule has 1 rings (SSSR count). The number of nitrogens with one attached hydrogen (secondary N) is 1. The van der Waals surface area contributed by atoms with E-state index in [0.717, 1.165) is 4.68 Å². The van der Waals surface area contributed by atoms with Crippen LogP contribution in [0.25, 0.3) is 0 Å². The number of methoxy groups -OCH3 is 1. The second-order valence-electron chi connectivity index (χ2n) is 4.17. The summed E-state index contributed by atoms with van der Waals surface area (Å²) in [6.07, 6.45) is -1.65. The highest BCUT2D eigenvalue weighted by Gasteiger charge is 2.14. The first kappa shape index (κ1) is 16.8. The molecule has 0 aromatic carbocycles. The molecule has 1 aromatic heterocycles. The summed E-state index contributed by atoms with van der Waals surface area (Å²) in [6, 6.07) is 2.48. The third-order valence-corrected chi connectivity index (χ3v) is 2.59. The molecule has 3 N–H and O–H groups in total. The number of rotatable bonds is 8. The van der Waals surface area contributed by atoms with Crippen LogP contribution in [0.4, 0.5) is 0 Å². The third kappa shape index (κ3) is 5.32. The van der Waals surface area contributed by atoms with Crippen LogP contribution in [0, 0.1) is 0 Å². The summed E-state index contributed by atoms with van der Waals surface area (Å²) >= 11 is 0. The number of aromatic nitrogens is 2. The van der Waals surface area contributed by atoms with Gasteiger partial charge in [0, 0.05) is 26.1 Å². The average Bonchev–Trinajstić information content (AvgIpc) is 2.45. The number of aliphatic carboxylic acids is 1. The molecule has 0 spiro atoms. The lowest BCUT2D eigenvalue weighted by Crippen LogP contribution is -2.33. The monoisotopic (exact) mass is 299 g/mol. The number of carboxylic acid groups (broad SMARTS) is 1. The van der Waals surface area contributed by atoms with Crippen molar-refractivity contribution in [1.82, 2.24) is 15.1 Å². The Labute approximate surface area is 120 Å². The molecular formula is C12H17N3O6. The normalized spacial score (nSPS) is 11.9. The lowest BCUT2D eigenvalue weighted by atomic mass is 10.2. The van der Waals surface area contributed by atoms with Crippen LogP contribution in [0.3, 0.4) is 0 Å². The Balaban J connectivity index is 2.61. The molecule has 21 heavy (non-hydrogen) atoms. The molecule has 0 aliphatic heterocycles. The molecule has 0 saturated carbocycles. The highest BCUT2D eigenvalue weighted by atomic mass is 16.5. The second-order valence-corrected chi connectivity index (χ2v) is 4.17. The number of nitrogens with zero attached hydrogens (tertiary/aromatic N) is 2. The van der Waals surface area contributed by atoms with Gasteiger partial charge in [-0.2, -0.15) is 5.10 Å². The van der Waals surface area contributed by atoms with E-state index in [1.807, 2.05) is 0 Å². The van der Waals surface area contributed by atoms with Crippen molar-refractivity contribution in [2.75, 3.05) is 20.3 Å². The van der Waals surface area contributed by atoms with Gasteiger partial charge in [0.1, 0.15) is 5.69 Å². The van der Waals surface area contributed by atoms with E-state index in [1.54, 1.807) is 0 Å². The summed E-state index contributed by atoms with van der Waals surface area (Å²) in [5, 5.41) is 23.8. The molecule has 116 valence electrons. The standard InChI is InChI=1S/C12H17N3O6/c1-21-7-6-15-10(17)3-2-8(14-15)11(18)13-5-4-9(16)12(19)20/h2-3,9,16H,4-7H2,1H3,(H,13,18)(H,19,20). The van der Waals surface area contributed by atoms with Crippen LogP contribution in [0.1, 0.15) is 16.9 Å². The van der Waals surface area contributed by atoms with Gasteiger partial charge >= 0.3 is 5.97 Å². The number of carboxylic acids is 1. The number of amides is 1. The van der Waals surface area contributed by atoms with E-state index in [0.29, 0.717) is 0 Å². The van der Waals surface area contributed by atoms with E-state index in [-0.39, 0.29) is 37.4 Å². The molecule has 1 atom stereocenters. The Morgan fingerprint density at radius 2 is 2.19 bits per heavy atom. The predicted molar refractivity (Wildman–Crippen MR) is 71.0 cm³/mol. The zero-order chi connectivity index (χ0) is 15.8. The number of aliphatic hydroxyl groups excluding tert-OH is 1. The van der Waals surface area contributed by atoms with Gasteiger partial charge in [0.2, 0.25) is 0 Å². The summed E-state index contributed by atoms with van der Waals surface area (Å²) in [4.78, 5) is 33.7. The topological polar surface area (TPSA) is 131 Å². The summed E-state index contributed by atoms with van der Waals surface area (Å²) < 4.78 is 5.93. The zero-order valence-electron chi connectivity index (χ0n) is 11.5. The number of hydrogen-bond acceptors (Lipinski definition) is 6. The fourth-order valence-corrected chi connectivity index (χ4v) is 1.44. The van der Waals surface area contributed by atoms with Crippen LogP contribution < -0.4 is 10.9 Å². The maximum Gasteiger partial charge on any atom is 0.332 e. The number of carbonyl (C=O) groups is 2. The fraction of sp³-hybridized carbons (Fsp3) is 0.500. The largest absolute Gasteiger partial charge is 0.479 e. The SMILES string of the molecule is COCCn1nc(C(=O)NCCC(O)C(=O)O)ccc1=O. The van der Waals surface area contributed by atoms with Gasteiger partial charge in [-0.1, -0.05) is 0 Å². The van der Waals surface area contributed by atoms with E-state index in [1.165, 1.54) is 19.2 Å². The lowest BCUT2D eigenvalue weighted by molar-refractivity contribution is -0.146. The number of ether oxygens (including phenoxy) is 1. The van der Waals surface area contributed by atoms with Crippen LogP contribution in [0.2, 0.25) is 0 Å². The number of aliphatic hydroxyl groups is 1. The van der Waals surface area contributed by atoms with Crippen molar-refractivity contribution in [2.24, 2.45) is 0 Å². The van der Waals surface area contributed by atoms with Crippen LogP contribution in [-0.2, 0) is 16.1 Å². The van der Waals surface area contributed by atoms with Gasteiger partial charge in [0.15, 0.2) is 6.10 Å². The molecule has 0 bridgehead atoms. The maximum absolute atomic E-state index is 11.8. The van der Waals surface area contributed by atoms with Crippen molar-refractivity contribution in [1.29, 1.82) is 0 Å². The van der Waals surface area contributed by atoms with Crippen LogP contribution in [0.15, 0.2) is 16.9 Å². The van der Waals surface area contributed by atoms with E-state index in [4.69, 9.17) is 14.9 Å². The number of carbonyl (C=O) groups excluding carboxylic acids is 1. The summed E-state index contributed by atoms with van der Waals surface area (Å²) in [6.45, 7) is 0.474. The van der Waals surface area contributed by atoms with Gasteiger partial charge in [0.25, 0.3) is 11.5 Å². The lowest BCUT2D eigenvalue weighted by Gasteiger charge is -2.08. The highest BCUT2D eigenvalue weighted by Crippen LogP contribution is 1.94. The van der Waals surface area contributed by atoms with Crippen LogP contribution in [-0.4, -0.2) is 58.2 Å². The fourth-order valence-electron chi connectivity index (χ4n) is 1.44. The molecule has 1 unspecified atom stereocenters. The molecule has 0 aliphatic carbocycles. The van der Waals surface area contributed by atoms with Crippen molar-refractivity contribution in [2.45, 2.75) is 19.1 Å². The Bertz CT molecular complexity index is 556. The van der Waals surface area contributed by atoms with Gasteiger partial charge < -0.3 is 20.3 Å². The summed E-state index contributed by atoms with van der Waals surface area (Å²) in [5.41, 5.74) is -0.333. The van der Waals surface area contributed by atoms with Crippen molar-refractivity contribution >= 4 is 11.9 Å². The Morgan fingerprint density at radius 1 is 1.48 bits per heavy atom. The Kier molecular flexibility index (Phi) is 6.50. The molecule has 9 heteroatoms. The van der Waals surface area contributed by atoms with Crippen molar-refractivity contribution in [3.63, 3.8) is 0 Å². The average molecular weight is 299 g/mol. The third-order valence-electron chi connectivity index (χ3n) is 2.59. The van der Waals surface area contributed by atoms with Crippen molar-refractivity contribution in [3.8, 4) is 0 Å². The first-order chi connectivity index (χ1) is 9.95. The number of hydrogen-bond donors (Lipinski definition) is 3. The molecule has 0 fully saturated rings. The summed E-state index contributed by atoms with van der Waals surface area (Å²) in [5.74, 6) is -1.91. The highest BCUT2D eigenvalue weighted by molar-refractivity contribution is 5.92. The van der Waals surface area contributed by atoms with Gasteiger partial charge in [0.05, 0.1) is 13.2 Å². The summed E-state index contributed by atoms with van der Waals surface area (Å²) in [7, 11) is 1.48. The van der Waals surface area contributed by atoms with E-state index < -0.39 is 18.0 Å². The van der Waals surface area contributed by atoms with Gasteiger partial charge in [-0.15, -0.1) is 0 Å². The van der Waals surface area contributed by atoms with E-state index in [2.05, 4.69) is 10.4 Å². The second kappa shape index (κ2) is 8.12. The first-order valence-electron chi connectivity index (χ1n) is 6.22. The smallest absolute Gasteiger partial charge is 0.332 e. The molecule has 1 aromatic rings. The molecule has 0 aliphatic rings. The molecule has 1 amide bonds. The minimum atomic E-state index is -1.53. The maximum atomic E-state index is 11.8. The molecule has 9 nitrogen and oxygen atoms in total. The molecule has 0 radical (unpaired) electrons. The van der Waals surface area contributed by atoms with Gasteiger partial charge in [-0.05, 0) is 6.07 Å². The van der Waals surface area contributed by atoms with Crippen molar-refractivity contribution < 1.29 is 24.5 Å². The molecule has 0 saturated heterocycles. The minimum absolute atomic E-state index is 0.0226. The zero-order valence-corrected chi connectivity index (χ0v) is 11.5. The van der Waals surface area contributed by atoms with E-state index in [9.17, 15) is 14.4 Å². The van der Waals surface area contributed by atoms with Gasteiger partial charge in [-0.3, -0.25) is 9.59 Å². The minimum Gasteiger partial charge on any atom is -0.479 e. The van der Waals surface area contributed by atoms with Crippen molar-refractivity contribution in [3.05, 3.63) is 28.2 Å². The van der Waals surface area contributed by atoms with Gasteiger partial charge in [-0.25, -0.2) is 9.48 Å². The predicted octanol–water partition coefficient (Wildman–Crippen LogP) is -1.54. The molecule has 1 heterocycles. The van der Waals surface area contributed by atoms with Crippen LogP contribution in [0.5, 0.6) is 0 Å². The Hall–Kier alpha value is -2.26. The Morgan fingerprint density at radius 3 is 2.81 bits per heavy atom.